The van der Waals surface area contributed by atoms with Crippen molar-refractivity contribution in [1.82, 2.24) is 19.9 Å². The molecule has 0 saturated heterocycles. The van der Waals surface area contributed by atoms with E-state index in [1.54, 1.807) is 23.1 Å². The molecule has 0 radical (unpaired) electrons. The third-order valence-electron chi connectivity index (χ3n) is 5.16. The van der Waals surface area contributed by atoms with Crippen molar-refractivity contribution < 1.29 is 4.79 Å². The van der Waals surface area contributed by atoms with E-state index in [0.717, 1.165) is 35.7 Å². The Morgan fingerprint density at radius 3 is 2.53 bits per heavy atom. The molecule has 0 spiro atoms. The lowest BCUT2D eigenvalue weighted by atomic mass is 9.99. The number of fused-ring (bicyclic) bond motifs is 1. The van der Waals surface area contributed by atoms with Gasteiger partial charge in [0.25, 0.3) is 5.91 Å². The summed E-state index contributed by atoms with van der Waals surface area (Å²) in [6, 6.07) is 20.6. The SMILES string of the molecule is O=C(NC(CCCCc1ccccc1)c1ccccc1)c1nccn2ncc(Br)c12. The molecule has 4 rings (SSSR count). The molecular formula is C24H23BrN4O. The molecule has 1 amide bonds. The van der Waals surface area contributed by atoms with Gasteiger partial charge >= 0.3 is 0 Å². The highest BCUT2D eigenvalue weighted by atomic mass is 79.9. The zero-order valence-corrected chi connectivity index (χ0v) is 18.1. The fraction of sp³-hybridized carbons (Fsp3) is 0.208. The van der Waals surface area contributed by atoms with Gasteiger partial charge in [-0.05, 0) is 46.3 Å². The van der Waals surface area contributed by atoms with Crippen LogP contribution in [0.1, 0.15) is 46.9 Å². The van der Waals surface area contributed by atoms with Crippen molar-refractivity contribution in [3.05, 3.63) is 101 Å². The largest absolute Gasteiger partial charge is 0.344 e. The van der Waals surface area contributed by atoms with Crippen LogP contribution in [0.4, 0.5) is 0 Å². The Labute approximate surface area is 184 Å². The van der Waals surface area contributed by atoms with E-state index in [9.17, 15) is 4.79 Å². The summed E-state index contributed by atoms with van der Waals surface area (Å²) in [5.74, 6) is -0.196. The van der Waals surface area contributed by atoms with E-state index in [0.29, 0.717) is 11.2 Å². The van der Waals surface area contributed by atoms with E-state index in [1.165, 1.54) is 5.56 Å². The smallest absolute Gasteiger partial charge is 0.272 e. The molecule has 6 heteroatoms. The van der Waals surface area contributed by atoms with Crippen LogP contribution in [-0.4, -0.2) is 20.5 Å². The molecule has 0 aliphatic rings. The highest BCUT2D eigenvalue weighted by molar-refractivity contribution is 9.10. The van der Waals surface area contributed by atoms with Gasteiger partial charge in [0.15, 0.2) is 5.69 Å². The number of unbranched alkanes of at least 4 members (excludes halogenated alkanes) is 1. The van der Waals surface area contributed by atoms with Crippen molar-refractivity contribution >= 4 is 27.4 Å². The van der Waals surface area contributed by atoms with Crippen LogP contribution >= 0.6 is 15.9 Å². The molecule has 5 nitrogen and oxygen atoms in total. The predicted octanol–water partition coefficient (Wildman–Crippen LogP) is 5.38. The molecule has 0 aliphatic carbocycles. The first-order valence-electron chi connectivity index (χ1n) is 10.1. The number of benzene rings is 2. The lowest BCUT2D eigenvalue weighted by Gasteiger charge is -2.19. The first-order chi connectivity index (χ1) is 14.7. The summed E-state index contributed by atoms with van der Waals surface area (Å²) in [6.07, 6.45) is 9.00. The molecule has 4 aromatic rings. The summed E-state index contributed by atoms with van der Waals surface area (Å²) in [4.78, 5) is 17.4. The van der Waals surface area contributed by atoms with Crippen LogP contribution in [0.5, 0.6) is 0 Å². The van der Waals surface area contributed by atoms with Gasteiger partial charge in [-0.15, -0.1) is 0 Å². The van der Waals surface area contributed by atoms with Crippen molar-refractivity contribution in [1.29, 1.82) is 0 Å². The summed E-state index contributed by atoms with van der Waals surface area (Å²) in [5, 5.41) is 7.43. The van der Waals surface area contributed by atoms with Crippen LogP contribution in [0.25, 0.3) is 5.52 Å². The minimum absolute atomic E-state index is 0.0711. The molecule has 1 atom stereocenters. The van der Waals surface area contributed by atoms with E-state index in [1.807, 2.05) is 24.3 Å². The Balaban J connectivity index is 1.47. The van der Waals surface area contributed by atoms with Crippen molar-refractivity contribution in [3.63, 3.8) is 0 Å². The van der Waals surface area contributed by atoms with Gasteiger partial charge in [-0.2, -0.15) is 5.10 Å². The lowest BCUT2D eigenvalue weighted by Crippen LogP contribution is -2.29. The third-order valence-corrected chi connectivity index (χ3v) is 5.74. The Kier molecular flexibility index (Phi) is 6.54. The highest BCUT2D eigenvalue weighted by Crippen LogP contribution is 2.23. The number of carbonyl (C=O) groups excluding carboxylic acids is 1. The number of carbonyl (C=O) groups is 1. The summed E-state index contributed by atoms with van der Waals surface area (Å²) < 4.78 is 2.41. The zero-order chi connectivity index (χ0) is 20.8. The maximum atomic E-state index is 13.1. The third kappa shape index (κ3) is 4.76. The summed E-state index contributed by atoms with van der Waals surface area (Å²) >= 11 is 3.47. The van der Waals surface area contributed by atoms with E-state index in [-0.39, 0.29) is 11.9 Å². The van der Waals surface area contributed by atoms with Gasteiger partial charge in [-0.3, -0.25) is 4.79 Å². The fourth-order valence-corrected chi connectivity index (χ4v) is 4.09. The Hall–Kier alpha value is -2.99. The average molecular weight is 463 g/mol. The second-order valence-corrected chi connectivity index (χ2v) is 8.08. The molecule has 2 aromatic carbocycles. The number of halogens is 1. The van der Waals surface area contributed by atoms with Crippen molar-refractivity contribution in [3.8, 4) is 0 Å². The fourth-order valence-electron chi connectivity index (χ4n) is 3.63. The van der Waals surface area contributed by atoms with Gasteiger partial charge < -0.3 is 5.32 Å². The quantitative estimate of drug-likeness (QED) is 0.357. The van der Waals surface area contributed by atoms with Crippen LogP contribution in [0.2, 0.25) is 0 Å². The van der Waals surface area contributed by atoms with Crippen LogP contribution in [0.3, 0.4) is 0 Å². The summed E-state index contributed by atoms with van der Waals surface area (Å²) in [7, 11) is 0. The van der Waals surface area contributed by atoms with Crippen LogP contribution in [-0.2, 0) is 6.42 Å². The Morgan fingerprint density at radius 2 is 1.77 bits per heavy atom. The normalized spacial score (nSPS) is 12.0. The zero-order valence-electron chi connectivity index (χ0n) is 16.5. The second-order valence-electron chi connectivity index (χ2n) is 7.23. The number of aryl methyl sites for hydroxylation is 1. The maximum absolute atomic E-state index is 13.1. The van der Waals surface area contributed by atoms with Gasteiger partial charge in [0.05, 0.1) is 16.7 Å². The van der Waals surface area contributed by atoms with E-state index in [4.69, 9.17) is 0 Å². The molecule has 2 aromatic heterocycles. The monoisotopic (exact) mass is 462 g/mol. The molecular weight excluding hydrogens is 440 g/mol. The standard InChI is InChI=1S/C24H23BrN4O/c25-20-17-27-29-16-15-26-22(23(20)29)24(30)28-21(19-12-5-2-6-13-19)14-8-7-11-18-9-3-1-4-10-18/h1-6,9-10,12-13,15-17,21H,7-8,11,14H2,(H,28,30). The second kappa shape index (κ2) is 9.67. The minimum Gasteiger partial charge on any atom is -0.344 e. The molecule has 0 saturated carbocycles. The number of amides is 1. The topological polar surface area (TPSA) is 59.3 Å². The van der Waals surface area contributed by atoms with Gasteiger partial charge in [0.1, 0.15) is 5.52 Å². The molecule has 0 fully saturated rings. The Bertz CT molecular complexity index is 1110. The Morgan fingerprint density at radius 1 is 1.03 bits per heavy atom. The van der Waals surface area contributed by atoms with E-state index < -0.39 is 0 Å². The van der Waals surface area contributed by atoms with Crippen molar-refractivity contribution in [2.45, 2.75) is 31.7 Å². The van der Waals surface area contributed by atoms with E-state index in [2.05, 4.69) is 67.7 Å². The van der Waals surface area contributed by atoms with Gasteiger partial charge in [0, 0.05) is 12.4 Å². The summed E-state index contributed by atoms with van der Waals surface area (Å²) in [5.41, 5.74) is 3.49. The van der Waals surface area contributed by atoms with Crippen molar-refractivity contribution in [2.75, 3.05) is 0 Å². The average Bonchev–Trinajstić information content (AvgIpc) is 3.18. The van der Waals surface area contributed by atoms with Gasteiger partial charge in [-0.25, -0.2) is 9.50 Å². The highest BCUT2D eigenvalue weighted by Gasteiger charge is 2.20. The summed E-state index contributed by atoms with van der Waals surface area (Å²) in [6.45, 7) is 0. The number of aromatic nitrogens is 3. The maximum Gasteiger partial charge on any atom is 0.272 e. The number of hydrogen-bond acceptors (Lipinski definition) is 3. The predicted molar refractivity (Wildman–Crippen MR) is 121 cm³/mol. The molecule has 2 heterocycles. The van der Waals surface area contributed by atoms with E-state index >= 15 is 0 Å². The molecule has 0 aliphatic heterocycles. The first-order valence-corrected chi connectivity index (χ1v) is 10.9. The van der Waals surface area contributed by atoms with Crippen LogP contribution in [0, 0.1) is 0 Å². The number of nitrogens with zero attached hydrogens (tertiary/aromatic N) is 3. The van der Waals surface area contributed by atoms with Crippen LogP contribution in [0.15, 0.2) is 83.7 Å². The number of rotatable bonds is 8. The number of nitrogens with one attached hydrogen (secondary N) is 1. The molecule has 0 bridgehead atoms. The lowest BCUT2D eigenvalue weighted by molar-refractivity contribution is 0.0930. The number of hydrogen-bond donors (Lipinski definition) is 1. The molecule has 1 N–H and O–H groups in total. The minimum atomic E-state index is -0.196. The molecule has 152 valence electrons. The first kappa shape index (κ1) is 20.3. The van der Waals surface area contributed by atoms with Crippen molar-refractivity contribution in [2.24, 2.45) is 0 Å². The van der Waals surface area contributed by atoms with Gasteiger partial charge in [0.2, 0.25) is 0 Å². The molecule has 30 heavy (non-hydrogen) atoms. The molecule has 1 unspecified atom stereocenters. The van der Waals surface area contributed by atoms with Crippen LogP contribution < -0.4 is 5.32 Å². The van der Waals surface area contributed by atoms with Gasteiger partial charge in [-0.1, -0.05) is 67.1 Å².